The van der Waals surface area contributed by atoms with Crippen molar-refractivity contribution in [2.45, 2.75) is 32.2 Å². The molecule has 0 unspecified atom stereocenters. The van der Waals surface area contributed by atoms with Crippen molar-refractivity contribution < 1.29 is 13.5 Å². The minimum Gasteiger partial charge on any atom is -0.481 e. The second kappa shape index (κ2) is 7.98. The zero-order valence-corrected chi connectivity index (χ0v) is 19.6. The Balaban J connectivity index is 1.32. The van der Waals surface area contributed by atoms with Crippen LogP contribution in [-0.2, 0) is 6.42 Å². The number of hydrogen-bond acceptors (Lipinski definition) is 6. The Kier molecular flexibility index (Phi) is 5.00. The van der Waals surface area contributed by atoms with Gasteiger partial charge in [0, 0.05) is 24.7 Å². The molecule has 0 bridgehead atoms. The van der Waals surface area contributed by atoms with E-state index in [4.69, 9.17) is 15.5 Å². The molecule has 2 aliphatic rings. The van der Waals surface area contributed by atoms with Gasteiger partial charge < -0.3 is 15.4 Å². The van der Waals surface area contributed by atoms with Crippen molar-refractivity contribution in [3.8, 4) is 17.1 Å². The summed E-state index contributed by atoms with van der Waals surface area (Å²) in [5.41, 5.74) is 10.8. The number of aryl methyl sites for hydroxylation is 1. The molecule has 1 fully saturated rings. The number of piperidine rings is 1. The highest BCUT2D eigenvalue weighted by Crippen LogP contribution is 2.51. The minimum absolute atomic E-state index is 0.0472. The zero-order chi connectivity index (χ0) is 24.3. The molecule has 0 radical (unpaired) electrons. The van der Waals surface area contributed by atoms with Crippen molar-refractivity contribution in [1.29, 1.82) is 0 Å². The summed E-state index contributed by atoms with van der Waals surface area (Å²) in [6.45, 7) is 3.36. The molecule has 2 N–H and O–H groups in total. The number of anilines is 1. The van der Waals surface area contributed by atoms with E-state index in [0.29, 0.717) is 17.3 Å². The van der Waals surface area contributed by atoms with Crippen LogP contribution in [-0.4, -0.2) is 39.8 Å². The van der Waals surface area contributed by atoms with Gasteiger partial charge in [-0.25, -0.2) is 23.3 Å². The molecule has 1 spiro atoms. The molecule has 1 atom stereocenters. The van der Waals surface area contributed by atoms with E-state index in [1.54, 1.807) is 30.8 Å². The van der Waals surface area contributed by atoms with Crippen molar-refractivity contribution in [2.24, 2.45) is 11.1 Å². The summed E-state index contributed by atoms with van der Waals surface area (Å²) < 4.78 is 35.6. The maximum Gasteiger partial charge on any atom is 0.213 e. The molecular weight excluding hydrogens is 450 g/mol. The van der Waals surface area contributed by atoms with Crippen LogP contribution >= 0.6 is 0 Å². The van der Waals surface area contributed by atoms with E-state index in [1.807, 2.05) is 12.1 Å². The number of ether oxygens (including phenoxy) is 1. The van der Waals surface area contributed by atoms with Crippen LogP contribution in [0, 0.1) is 24.0 Å². The monoisotopic (exact) mass is 476 g/mol. The standard InChI is InChI=1S/C26H26F2N6O/c1-15-23(17-4-3-5-18(27)21(17)28)34-19(8-11-30-34)25(31-15)33-12-9-26(10-13-33)14-16-6-7-20(35-2)32-22(16)24(26)29/h3-8,11,24H,9-10,12-14,29H2,1-2H3/t24-/m0/s1. The Bertz CT molecular complexity index is 1440. The highest BCUT2D eigenvalue weighted by atomic mass is 19.2. The van der Waals surface area contributed by atoms with Crippen LogP contribution in [0.25, 0.3) is 16.8 Å². The van der Waals surface area contributed by atoms with Crippen LogP contribution in [0.15, 0.2) is 42.6 Å². The third-order valence-electron chi connectivity index (χ3n) is 7.66. The molecule has 4 heterocycles. The lowest BCUT2D eigenvalue weighted by molar-refractivity contribution is 0.185. The molecule has 1 aliphatic carbocycles. The lowest BCUT2D eigenvalue weighted by atomic mass is 9.73. The van der Waals surface area contributed by atoms with Crippen molar-refractivity contribution in [2.75, 3.05) is 25.1 Å². The Labute approximate surface area is 201 Å². The van der Waals surface area contributed by atoms with E-state index in [0.717, 1.165) is 55.4 Å². The van der Waals surface area contributed by atoms with Crippen LogP contribution in [0.3, 0.4) is 0 Å². The predicted octanol–water partition coefficient (Wildman–Crippen LogP) is 4.23. The van der Waals surface area contributed by atoms with Gasteiger partial charge in [0.25, 0.3) is 0 Å². The van der Waals surface area contributed by atoms with Crippen molar-refractivity contribution in [3.05, 3.63) is 71.2 Å². The smallest absolute Gasteiger partial charge is 0.213 e. The normalized spacial score (nSPS) is 18.9. The van der Waals surface area contributed by atoms with Gasteiger partial charge in [0.05, 0.1) is 36.4 Å². The molecule has 3 aromatic heterocycles. The predicted molar refractivity (Wildman–Crippen MR) is 128 cm³/mol. The van der Waals surface area contributed by atoms with Gasteiger partial charge in [-0.1, -0.05) is 12.1 Å². The minimum atomic E-state index is -0.901. The van der Waals surface area contributed by atoms with Crippen LogP contribution in [0.5, 0.6) is 5.88 Å². The fourth-order valence-electron chi connectivity index (χ4n) is 5.75. The Hall–Kier alpha value is -3.59. The molecule has 1 saturated heterocycles. The number of aromatic nitrogens is 4. The largest absolute Gasteiger partial charge is 0.481 e. The lowest BCUT2D eigenvalue weighted by Gasteiger charge is -2.42. The maximum atomic E-state index is 14.6. The van der Waals surface area contributed by atoms with Gasteiger partial charge in [-0.15, -0.1) is 0 Å². The number of hydrogen-bond donors (Lipinski definition) is 1. The van der Waals surface area contributed by atoms with Crippen LogP contribution in [0.4, 0.5) is 14.6 Å². The second-order valence-electron chi connectivity index (χ2n) is 9.50. The molecule has 1 aromatic carbocycles. The van der Waals surface area contributed by atoms with Crippen molar-refractivity contribution >= 4 is 11.3 Å². The zero-order valence-electron chi connectivity index (χ0n) is 19.6. The van der Waals surface area contributed by atoms with Gasteiger partial charge in [0.1, 0.15) is 5.52 Å². The topological polar surface area (TPSA) is 81.6 Å². The number of methoxy groups -OCH3 is 1. The molecule has 9 heteroatoms. The second-order valence-corrected chi connectivity index (χ2v) is 9.50. The average molecular weight is 477 g/mol. The first-order valence-corrected chi connectivity index (χ1v) is 11.7. The summed E-state index contributed by atoms with van der Waals surface area (Å²) in [5, 5.41) is 4.43. The lowest BCUT2D eigenvalue weighted by Crippen LogP contribution is -2.45. The molecule has 0 saturated carbocycles. The summed E-state index contributed by atoms with van der Waals surface area (Å²) in [5.74, 6) is -0.416. The summed E-state index contributed by atoms with van der Waals surface area (Å²) in [6.07, 6.45) is 4.36. The van der Waals surface area contributed by atoms with Gasteiger partial charge >= 0.3 is 0 Å². The maximum absolute atomic E-state index is 14.6. The quantitative estimate of drug-likeness (QED) is 0.477. The van der Waals surface area contributed by atoms with Crippen molar-refractivity contribution in [1.82, 2.24) is 19.6 Å². The molecule has 35 heavy (non-hydrogen) atoms. The number of fused-ring (bicyclic) bond motifs is 2. The van der Waals surface area contributed by atoms with E-state index < -0.39 is 11.6 Å². The van der Waals surface area contributed by atoms with Gasteiger partial charge in [0.2, 0.25) is 5.88 Å². The third-order valence-corrected chi connectivity index (χ3v) is 7.66. The first kappa shape index (κ1) is 21.9. The van der Waals surface area contributed by atoms with E-state index in [1.165, 1.54) is 11.6 Å². The highest BCUT2D eigenvalue weighted by Gasteiger charge is 2.47. The number of rotatable bonds is 3. The molecule has 4 aromatic rings. The summed E-state index contributed by atoms with van der Waals surface area (Å²) in [7, 11) is 1.61. The highest BCUT2D eigenvalue weighted by molar-refractivity contribution is 5.75. The number of nitrogens with zero attached hydrogens (tertiary/aromatic N) is 5. The Morgan fingerprint density at radius 3 is 2.66 bits per heavy atom. The molecule has 0 amide bonds. The summed E-state index contributed by atoms with van der Waals surface area (Å²) >= 11 is 0. The van der Waals surface area contributed by atoms with Crippen LogP contribution in [0.2, 0.25) is 0 Å². The van der Waals surface area contributed by atoms with Crippen molar-refractivity contribution in [3.63, 3.8) is 0 Å². The number of nitrogens with two attached hydrogens (primary N) is 1. The Morgan fingerprint density at radius 2 is 1.89 bits per heavy atom. The number of benzene rings is 1. The summed E-state index contributed by atoms with van der Waals surface area (Å²) in [6, 6.07) is 9.85. The van der Waals surface area contributed by atoms with Crippen LogP contribution < -0.4 is 15.4 Å². The van der Waals surface area contributed by atoms with E-state index in [-0.39, 0.29) is 17.0 Å². The molecule has 180 valence electrons. The SMILES string of the molecule is COc1ccc2c(n1)[C@H](N)C1(CCN(c3nc(C)c(-c4cccc(F)c4F)n4nccc34)CC1)C2. The number of pyridine rings is 1. The third kappa shape index (κ3) is 3.29. The first-order valence-electron chi connectivity index (χ1n) is 11.7. The molecule has 7 nitrogen and oxygen atoms in total. The van der Waals surface area contributed by atoms with E-state index in [9.17, 15) is 8.78 Å². The average Bonchev–Trinajstić information content (AvgIpc) is 3.45. The molecular formula is C26H26F2N6O. The van der Waals surface area contributed by atoms with Gasteiger partial charge in [0.15, 0.2) is 17.5 Å². The first-order chi connectivity index (χ1) is 16.9. The number of halogens is 2. The summed E-state index contributed by atoms with van der Waals surface area (Å²) in [4.78, 5) is 11.7. The van der Waals surface area contributed by atoms with E-state index in [2.05, 4.69) is 21.0 Å². The Morgan fingerprint density at radius 1 is 1.09 bits per heavy atom. The fraction of sp³-hybridized carbons (Fsp3) is 0.346. The molecule has 1 aliphatic heterocycles. The van der Waals surface area contributed by atoms with Crippen LogP contribution in [0.1, 0.15) is 35.8 Å². The fourth-order valence-corrected chi connectivity index (χ4v) is 5.75. The van der Waals surface area contributed by atoms with Gasteiger partial charge in [-0.05, 0) is 55.4 Å². The van der Waals surface area contributed by atoms with Gasteiger partial charge in [-0.3, -0.25) is 0 Å². The molecule has 6 rings (SSSR count). The van der Waals surface area contributed by atoms with Gasteiger partial charge in [-0.2, -0.15) is 5.10 Å². The van der Waals surface area contributed by atoms with E-state index >= 15 is 0 Å².